The molecule has 0 spiro atoms. The van der Waals surface area contributed by atoms with Gasteiger partial charge >= 0.3 is 0 Å². The van der Waals surface area contributed by atoms with Gasteiger partial charge in [0.25, 0.3) is 0 Å². The van der Waals surface area contributed by atoms with Gasteiger partial charge in [-0.05, 0) is 41.8 Å². The molecule has 0 unspecified atom stereocenters. The monoisotopic (exact) mass is 376 g/mol. The lowest BCUT2D eigenvalue weighted by Gasteiger charge is -2.29. The maximum Gasteiger partial charge on any atom is 0.228 e. The van der Waals surface area contributed by atoms with Crippen molar-refractivity contribution in [2.75, 3.05) is 31.6 Å². The van der Waals surface area contributed by atoms with Gasteiger partial charge in [-0.1, -0.05) is 36.4 Å². The molecule has 2 aromatic rings. The smallest absolute Gasteiger partial charge is 0.228 e. The van der Waals surface area contributed by atoms with E-state index in [1.54, 1.807) is 12.0 Å². The van der Waals surface area contributed by atoms with Gasteiger partial charge < -0.3 is 14.5 Å². The molecule has 0 bridgehead atoms. The number of carbonyl (C=O) groups excluding carboxylic acids is 2. The van der Waals surface area contributed by atoms with E-state index in [1.165, 1.54) is 11.1 Å². The molecule has 2 amide bonds. The number of methoxy groups -OCH3 is 1. The molecule has 0 radical (unpaired) electrons. The third-order valence-corrected chi connectivity index (χ3v) is 5.52. The van der Waals surface area contributed by atoms with Gasteiger partial charge in [-0.25, -0.2) is 0 Å². The number of nitrogens with zero attached hydrogens (tertiary/aromatic N) is 2. The summed E-state index contributed by atoms with van der Waals surface area (Å²) in [4.78, 5) is 28.9. The van der Waals surface area contributed by atoms with E-state index in [9.17, 15) is 9.59 Å². The predicted molar refractivity (Wildman–Crippen MR) is 109 cm³/mol. The Balaban J connectivity index is 1.40. The second kappa shape index (κ2) is 7.89. The van der Waals surface area contributed by atoms with Gasteiger partial charge in [0.15, 0.2) is 0 Å². The average molecular weight is 376 g/mol. The summed E-state index contributed by atoms with van der Waals surface area (Å²) >= 11 is 0. The molecule has 0 aromatic heterocycles. The van der Waals surface area contributed by atoms with E-state index >= 15 is 0 Å². The van der Waals surface area contributed by atoms with Crippen LogP contribution >= 0.6 is 0 Å². The Morgan fingerprint density at radius 3 is 2.46 bits per heavy atom. The first kappa shape index (κ1) is 18.3. The first-order valence-corrected chi connectivity index (χ1v) is 9.63. The van der Waals surface area contributed by atoms with Crippen LogP contribution in [-0.4, -0.2) is 43.5 Å². The zero-order valence-electron chi connectivity index (χ0n) is 16.0. The number of para-hydroxylation sites is 1. The number of hydrogen-bond donors (Lipinski definition) is 0. The zero-order chi connectivity index (χ0) is 19.5. The quantitative estimate of drug-likeness (QED) is 0.822. The molecule has 5 nitrogen and oxygen atoms in total. The summed E-state index contributed by atoms with van der Waals surface area (Å²) in [5, 5.41) is 0. The first-order valence-electron chi connectivity index (χ1n) is 9.63. The van der Waals surface area contributed by atoms with Crippen LogP contribution in [0.5, 0.6) is 5.75 Å². The van der Waals surface area contributed by atoms with Crippen molar-refractivity contribution in [2.24, 2.45) is 5.92 Å². The van der Waals surface area contributed by atoms with E-state index in [-0.39, 0.29) is 17.7 Å². The summed E-state index contributed by atoms with van der Waals surface area (Å²) in [6, 6.07) is 17.6. The van der Waals surface area contributed by atoms with E-state index in [0.717, 1.165) is 17.9 Å². The maximum atomic E-state index is 13.0. The summed E-state index contributed by atoms with van der Waals surface area (Å²) in [6.45, 7) is 1.75. The van der Waals surface area contributed by atoms with E-state index in [4.69, 9.17) is 4.74 Å². The van der Waals surface area contributed by atoms with Crippen molar-refractivity contribution in [3.05, 3.63) is 66.2 Å². The lowest BCUT2D eigenvalue weighted by Crippen LogP contribution is -2.39. The number of rotatable bonds is 4. The van der Waals surface area contributed by atoms with Crippen LogP contribution in [0.2, 0.25) is 0 Å². The molecule has 2 aliphatic rings. The highest BCUT2D eigenvalue weighted by Crippen LogP contribution is 2.29. The molecular weight excluding hydrogens is 352 g/mol. The van der Waals surface area contributed by atoms with Crippen LogP contribution in [0.25, 0.3) is 5.57 Å². The largest absolute Gasteiger partial charge is 0.497 e. The fourth-order valence-electron chi connectivity index (χ4n) is 3.93. The molecule has 1 fully saturated rings. The van der Waals surface area contributed by atoms with Gasteiger partial charge in [0.05, 0.1) is 13.0 Å². The van der Waals surface area contributed by atoms with Crippen molar-refractivity contribution >= 4 is 23.1 Å². The molecule has 1 atom stereocenters. The van der Waals surface area contributed by atoms with E-state index < -0.39 is 0 Å². The lowest BCUT2D eigenvalue weighted by molar-refractivity contribution is -0.135. The number of amides is 2. The number of benzene rings is 2. The van der Waals surface area contributed by atoms with E-state index in [2.05, 4.69) is 18.2 Å². The minimum Gasteiger partial charge on any atom is -0.497 e. The topological polar surface area (TPSA) is 49.9 Å². The Hall–Kier alpha value is -3.08. The second-order valence-corrected chi connectivity index (χ2v) is 7.23. The van der Waals surface area contributed by atoms with E-state index in [0.29, 0.717) is 26.1 Å². The van der Waals surface area contributed by atoms with Crippen LogP contribution in [0.4, 0.5) is 5.69 Å². The summed E-state index contributed by atoms with van der Waals surface area (Å²) < 4.78 is 5.21. The molecule has 2 aliphatic heterocycles. The highest BCUT2D eigenvalue weighted by atomic mass is 16.5. The van der Waals surface area contributed by atoms with Crippen LogP contribution in [0.3, 0.4) is 0 Å². The SMILES string of the molecule is COc1ccc(C2=CCN(C(=O)[C@@H]3CC(=O)N(c4ccccc4)C3)CC2)cc1. The van der Waals surface area contributed by atoms with Gasteiger partial charge in [0.1, 0.15) is 5.75 Å². The van der Waals surface area contributed by atoms with Crippen molar-refractivity contribution in [3.63, 3.8) is 0 Å². The van der Waals surface area contributed by atoms with Crippen LogP contribution in [0.1, 0.15) is 18.4 Å². The normalized spacial score (nSPS) is 19.5. The Morgan fingerprint density at radius 1 is 1.07 bits per heavy atom. The van der Waals surface area contributed by atoms with Crippen molar-refractivity contribution in [1.82, 2.24) is 4.90 Å². The van der Waals surface area contributed by atoms with Gasteiger partial charge in [-0.2, -0.15) is 0 Å². The maximum absolute atomic E-state index is 13.0. The third kappa shape index (κ3) is 3.65. The van der Waals surface area contributed by atoms with Gasteiger partial charge in [0, 0.05) is 31.7 Å². The van der Waals surface area contributed by atoms with Crippen molar-refractivity contribution in [1.29, 1.82) is 0 Å². The number of carbonyl (C=O) groups is 2. The van der Waals surface area contributed by atoms with Gasteiger partial charge in [0.2, 0.25) is 11.8 Å². The standard InChI is InChI=1S/C23H24N2O3/c1-28-21-9-7-17(8-10-21)18-11-13-24(14-12-18)23(27)19-15-22(26)25(16-19)20-5-3-2-4-6-20/h2-11,19H,12-16H2,1H3/t19-/m1/s1. The Morgan fingerprint density at radius 2 is 1.82 bits per heavy atom. The summed E-state index contributed by atoms with van der Waals surface area (Å²) in [7, 11) is 1.66. The Kier molecular flexibility index (Phi) is 5.15. The third-order valence-electron chi connectivity index (χ3n) is 5.52. The summed E-state index contributed by atoms with van der Waals surface area (Å²) in [5.74, 6) is 0.683. The number of hydrogen-bond acceptors (Lipinski definition) is 3. The number of ether oxygens (including phenoxy) is 1. The molecule has 0 aliphatic carbocycles. The van der Waals surface area contributed by atoms with Gasteiger partial charge in [-0.3, -0.25) is 9.59 Å². The minimum absolute atomic E-state index is 0.0241. The van der Waals surface area contributed by atoms with Gasteiger partial charge in [-0.15, -0.1) is 0 Å². The fraction of sp³-hybridized carbons (Fsp3) is 0.304. The first-order chi connectivity index (χ1) is 13.7. The lowest BCUT2D eigenvalue weighted by atomic mass is 9.98. The van der Waals surface area contributed by atoms with Crippen LogP contribution < -0.4 is 9.64 Å². The van der Waals surface area contributed by atoms with E-state index in [1.807, 2.05) is 47.4 Å². The average Bonchev–Trinajstić information content (AvgIpc) is 3.15. The molecule has 2 aromatic carbocycles. The molecule has 4 rings (SSSR count). The molecule has 144 valence electrons. The minimum atomic E-state index is -0.261. The Labute approximate surface area is 165 Å². The fourth-order valence-corrected chi connectivity index (χ4v) is 3.93. The highest BCUT2D eigenvalue weighted by molar-refractivity contribution is 6.00. The predicted octanol–water partition coefficient (Wildman–Crippen LogP) is 3.36. The molecule has 0 N–H and O–H groups in total. The highest BCUT2D eigenvalue weighted by Gasteiger charge is 2.37. The van der Waals surface area contributed by atoms with Crippen molar-refractivity contribution in [3.8, 4) is 5.75 Å². The van der Waals surface area contributed by atoms with Crippen LogP contribution in [0, 0.1) is 5.92 Å². The second-order valence-electron chi connectivity index (χ2n) is 7.23. The zero-order valence-corrected chi connectivity index (χ0v) is 16.0. The Bertz CT molecular complexity index is 890. The van der Waals surface area contributed by atoms with Crippen molar-refractivity contribution in [2.45, 2.75) is 12.8 Å². The summed E-state index contributed by atoms with van der Waals surface area (Å²) in [6.07, 6.45) is 3.23. The molecule has 1 saturated heterocycles. The van der Waals surface area contributed by atoms with Crippen molar-refractivity contribution < 1.29 is 14.3 Å². The number of anilines is 1. The van der Waals surface area contributed by atoms with Crippen LogP contribution in [0.15, 0.2) is 60.7 Å². The van der Waals surface area contributed by atoms with Crippen LogP contribution in [-0.2, 0) is 9.59 Å². The molecule has 5 heteroatoms. The molecule has 2 heterocycles. The molecular formula is C23H24N2O3. The summed E-state index contributed by atoms with van der Waals surface area (Å²) in [5.41, 5.74) is 3.28. The molecule has 28 heavy (non-hydrogen) atoms. The molecule has 0 saturated carbocycles.